The molecule has 1 heterocycles. The molecule has 1 amide bonds. The van der Waals surface area contributed by atoms with Crippen molar-refractivity contribution < 1.29 is 19.1 Å². The fourth-order valence-corrected chi connectivity index (χ4v) is 2.93. The van der Waals surface area contributed by atoms with Gasteiger partial charge in [0, 0.05) is 13.0 Å². The zero-order valence-corrected chi connectivity index (χ0v) is 14.0. The van der Waals surface area contributed by atoms with Crippen molar-refractivity contribution in [2.45, 2.75) is 19.4 Å². The minimum Gasteiger partial charge on any atom is -0.497 e. The number of fused-ring (bicyclic) bond motifs is 1. The Labute approximate surface area is 141 Å². The third kappa shape index (κ3) is 3.26. The first-order valence-corrected chi connectivity index (χ1v) is 8.13. The van der Waals surface area contributed by atoms with Crippen molar-refractivity contribution >= 4 is 22.5 Å². The van der Waals surface area contributed by atoms with Gasteiger partial charge in [-0.2, -0.15) is 0 Å². The topological polar surface area (TPSA) is 55.8 Å². The number of methoxy groups -OCH3 is 1. The van der Waals surface area contributed by atoms with Crippen LogP contribution in [0.5, 0.6) is 5.75 Å². The monoisotopic (exact) mass is 327 g/mol. The second-order valence-electron chi connectivity index (χ2n) is 5.86. The van der Waals surface area contributed by atoms with Gasteiger partial charge in [0.15, 0.2) is 0 Å². The van der Waals surface area contributed by atoms with E-state index in [-0.39, 0.29) is 18.3 Å². The van der Waals surface area contributed by atoms with Crippen molar-refractivity contribution in [1.82, 2.24) is 4.90 Å². The smallest absolute Gasteiger partial charge is 0.290 e. The molecule has 0 saturated carbocycles. The van der Waals surface area contributed by atoms with E-state index in [4.69, 9.17) is 9.47 Å². The maximum atomic E-state index is 12.1. The second-order valence-corrected chi connectivity index (χ2v) is 5.86. The third-order valence-corrected chi connectivity index (χ3v) is 4.36. The number of ether oxygens (including phenoxy) is 2. The van der Waals surface area contributed by atoms with E-state index >= 15 is 0 Å². The van der Waals surface area contributed by atoms with Crippen LogP contribution in [0.3, 0.4) is 0 Å². The fourth-order valence-electron chi connectivity index (χ4n) is 2.93. The number of morpholine rings is 1. The van der Waals surface area contributed by atoms with Crippen LogP contribution in [0, 0.1) is 0 Å². The van der Waals surface area contributed by atoms with E-state index in [2.05, 4.69) is 6.07 Å². The van der Waals surface area contributed by atoms with E-state index in [1.807, 2.05) is 30.3 Å². The molecular weight excluding hydrogens is 306 g/mol. The summed E-state index contributed by atoms with van der Waals surface area (Å²) in [6.45, 7) is 3.02. The van der Waals surface area contributed by atoms with Crippen molar-refractivity contribution in [2.75, 3.05) is 26.8 Å². The number of amides is 1. The van der Waals surface area contributed by atoms with Crippen molar-refractivity contribution in [1.29, 1.82) is 0 Å². The van der Waals surface area contributed by atoms with Crippen LogP contribution in [0.15, 0.2) is 36.4 Å². The number of rotatable bonds is 4. The highest BCUT2D eigenvalue weighted by Crippen LogP contribution is 2.28. The third-order valence-electron chi connectivity index (χ3n) is 4.36. The van der Waals surface area contributed by atoms with Gasteiger partial charge in [-0.3, -0.25) is 9.59 Å². The summed E-state index contributed by atoms with van der Waals surface area (Å²) < 4.78 is 11.1. The summed E-state index contributed by atoms with van der Waals surface area (Å²) in [4.78, 5) is 25.3. The predicted octanol–water partition coefficient (Wildman–Crippen LogP) is 2.73. The quantitative estimate of drug-likeness (QED) is 0.810. The zero-order chi connectivity index (χ0) is 17.1. The Morgan fingerprint density at radius 3 is 2.71 bits per heavy atom. The molecule has 1 fully saturated rings. The Balaban J connectivity index is 1.81. The molecule has 1 atom stereocenters. The largest absolute Gasteiger partial charge is 0.497 e. The molecule has 2 aromatic carbocycles. The summed E-state index contributed by atoms with van der Waals surface area (Å²) >= 11 is 0. The molecular formula is C19H21NO4. The van der Waals surface area contributed by atoms with Gasteiger partial charge in [-0.05, 0) is 34.5 Å². The summed E-state index contributed by atoms with van der Waals surface area (Å²) in [6, 6.07) is 12.0. The zero-order valence-electron chi connectivity index (χ0n) is 14.0. The molecule has 5 nitrogen and oxygen atoms in total. The van der Waals surface area contributed by atoms with Crippen molar-refractivity contribution in [3.63, 3.8) is 0 Å². The maximum Gasteiger partial charge on any atom is 0.290 e. The van der Waals surface area contributed by atoms with E-state index in [0.717, 1.165) is 22.1 Å². The number of hydrogen-bond donors (Lipinski definition) is 0. The Kier molecular flexibility index (Phi) is 4.81. The van der Waals surface area contributed by atoms with Crippen molar-refractivity contribution in [3.05, 3.63) is 42.0 Å². The average Bonchev–Trinajstić information content (AvgIpc) is 2.65. The summed E-state index contributed by atoms with van der Waals surface area (Å²) in [5.74, 6) is 0.0663. The first-order chi connectivity index (χ1) is 11.6. The standard InChI is InChI=1S/C19H21NO4/c1-3-17(21)19(22)20-8-9-24-18(12-20)15-5-4-14-11-16(23-2)7-6-13(14)10-15/h4-7,10-11,18H,3,8-9,12H2,1-2H3. The van der Waals surface area contributed by atoms with Gasteiger partial charge >= 0.3 is 0 Å². The minimum atomic E-state index is -0.406. The fraction of sp³-hybridized carbons (Fsp3) is 0.368. The van der Waals surface area contributed by atoms with E-state index < -0.39 is 5.91 Å². The maximum absolute atomic E-state index is 12.1. The van der Waals surface area contributed by atoms with Crippen molar-refractivity contribution in [2.24, 2.45) is 0 Å². The average molecular weight is 327 g/mol. The van der Waals surface area contributed by atoms with Gasteiger partial charge < -0.3 is 14.4 Å². The van der Waals surface area contributed by atoms with Crippen molar-refractivity contribution in [3.8, 4) is 5.75 Å². The van der Waals surface area contributed by atoms with Crippen LogP contribution >= 0.6 is 0 Å². The highest BCUT2D eigenvalue weighted by Gasteiger charge is 2.28. The van der Waals surface area contributed by atoms with E-state index in [1.165, 1.54) is 0 Å². The SMILES string of the molecule is CCC(=O)C(=O)N1CCOC(c2ccc3cc(OC)ccc3c2)C1. The van der Waals surface area contributed by atoms with Gasteiger partial charge in [-0.1, -0.05) is 25.1 Å². The number of carbonyl (C=O) groups excluding carboxylic acids is 2. The van der Waals surface area contributed by atoms with Crippen LogP contribution in [0.1, 0.15) is 25.0 Å². The van der Waals surface area contributed by atoms with E-state index in [1.54, 1.807) is 18.9 Å². The number of nitrogens with zero attached hydrogens (tertiary/aromatic N) is 1. The van der Waals surface area contributed by atoms with Gasteiger partial charge in [0.25, 0.3) is 5.91 Å². The molecule has 0 radical (unpaired) electrons. The van der Waals surface area contributed by atoms with E-state index in [0.29, 0.717) is 19.7 Å². The van der Waals surface area contributed by atoms with Gasteiger partial charge in [0.1, 0.15) is 11.9 Å². The highest BCUT2D eigenvalue weighted by molar-refractivity contribution is 6.35. The number of ketones is 1. The molecule has 0 bridgehead atoms. The van der Waals surface area contributed by atoms with Gasteiger partial charge in [-0.15, -0.1) is 0 Å². The summed E-state index contributed by atoms with van der Waals surface area (Å²) in [5, 5.41) is 2.17. The molecule has 126 valence electrons. The molecule has 0 aliphatic carbocycles. The molecule has 3 rings (SSSR count). The summed E-state index contributed by atoms with van der Waals surface area (Å²) in [6.07, 6.45) is 0.0254. The molecule has 1 saturated heterocycles. The number of Topliss-reactive ketones (excluding diaryl/α,β-unsaturated/α-hetero) is 1. The Bertz CT molecular complexity index is 771. The highest BCUT2D eigenvalue weighted by atomic mass is 16.5. The Morgan fingerprint density at radius 2 is 1.96 bits per heavy atom. The number of benzene rings is 2. The molecule has 1 aliphatic rings. The Hall–Kier alpha value is -2.40. The molecule has 5 heteroatoms. The first kappa shape index (κ1) is 16.5. The molecule has 0 spiro atoms. The predicted molar refractivity (Wildman–Crippen MR) is 91.1 cm³/mol. The second kappa shape index (κ2) is 7.01. The van der Waals surface area contributed by atoms with Crippen LogP contribution in [-0.2, 0) is 14.3 Å². The van der Waals surface area contributed by atoms with Crippen LogP contribution in [0.25, 0.3) is 10.8 Å². The molecule has 0 aromatic heterocycles. The Morgan fingerprint density at radius 1 is 1.21 bits per heavy atom. The number of carbonyl (C=O) groups is 2. The van der Waals surface area contributed by atoms with Crippen LogP contribution in [-0.4, -0.2) is 43.4 Å². The lowest BCUT2D eigenvalue weighted by atomic mass is 10.0. The lowest BCUT2D eigenvalue weighted by Gasteiger charge is -2.32. The minimum absolute atomic E-state index is 0.209. The lowest BCUT2D eigenvalue weighted by molar-refractivity contribution is -0.149. The normalized spacial score (nSPS) is 17.8. The molecule has 1 aliphatic heterocycles. The van der Waals surface area contributed by atoms with Gasteiger partial charge in [0.05, 0.1) is 20.3 Å². The lowest BCUT2D eigenvalue weighted by Crippen LogP contribution is -2.45. The first-order valence-electron chi connectivity index (χ1n) is 8.13. The van der Waals surface area contributed by atoms with Crippen LogP contribution in [0.4, 0.5) is 0 Å². The van der Waals surface area contributed by atoms with Gasteiger partial charge in [-0.25, -0.2) is 0 Å². The summed E-state index contributed by atoms with van der Waals surface area (Å²) in [7, 11) is 1.65. The molecule has 1 unspecified atom stereocenters. The van der Waals surface area contributed by atoms with E-state index in [9.17, 15) is 9.59 Å². The van der Waals surface area contributed by atoms with Crippen LogP contribution < -0.4 is 4.74 Å². The molecule has 2 aromatic rings. The van der Waals surface area contributed by atoms with Crippen LogP contribution in [0.2, 0.25) is 0 Å². The number of hydrogen-bond acceptors (Lipinski definition) is 4. The summed E-state index contributed by atoms with van der Waals surface area (Å²) in [5.41, 5.74) is 1.01. The molecule has 24 heavy (non-hydrogen) atoms. The molecule has 0 N–H and O–H groups in total. The van der Waals surface area contributed by atoms with Gasteiger partial charge in [0.2, 0.25) is 5.78 Å².